The number of anilines is 1. The van der Waals surface area contributed by atoms with Crippen LogP contribution in [-0.2, 0) is 10.0 Å². The second kappa shape index (κ2) is 5.55. The third kappa shape index (κ3) is 3.20. The van der Waals surface area contributed by atoms with Crippen molar-refractivity contribution in [3.63, 3.8) is 0 Å². The topological polar surface area (TPSA) is 83.5 Å². The van der Waals surface area contributed by atoms with Crippen LogP contribution >= 0.6 is 27.3 Å². The highest BCUT2D eigenvalue weighted by atomic mass is 79.9. The monoisotopic (exact) mass is 375 g/mol. The molecule has 0 saturated heterocycles. The number of hydrogen-bond donors (Lipinski definition) is 2. The van der Waals surface area contributed by atoms with E-state index in [0.29, 0.717) is 11.3 Å². The Hall–Kier alpha value is -1.38. The molecule has 0 amide bonds. The minimum Gasteiger partial charge on any atom is -0.478 e. The van der Waals surface area contributed by atoms with Crippen LogP contribution in [0.1, 0.15) is 15.9 Å². The molecule has 0 fully saturated rings. The Kier molecular flexibility index (Phi) is 4.17. The molecule has 0 saturated carbocycles. The Morgan fingerprint density at radius 1 is 1.30 bits per heavy atom. The fourth-order valence-electron chi connectivity index (χ4n) is 1.61. The molecule has 0 spiro atoms. The number of benzene rings is 1. The molecule has 0 aliphatic carbocycles. The number of sulfonamides is 1. The van der Waals surface area contributed by atoms with Crippen molar-refractivity contribution in [3.05, 3.63) is 45.2 Å². The standard InChI is InChI=1S/C12H10BrNO4S2/c1-7-6-8(2-3-9(7)12(15)16)14-20(17,18)11-5-4-10(13)19-11/h2-6,14H,1H3,(H,15,16). The third-order valence-corrected chi connectivity index (χ3v) is 6.02. The molecule has 2 aromatic rings. The summed E-state index contributed by atoms with van der Waals surface area (Å²) in [6.07, 6.45) is 0. The average molecular weight is 376 g/mol. The molecule has 0 aliphatic heterocycles. The maximum Gasteiger partial charge on any atom is 0.335 e. The van der Waals surface area contributed by atoms with Crippen molar-refractivity contribution in [2.24, 2.45) is 0 Å². The van der Waals surface area contributed by atoms with E-state index in [1.54, 1.807) is 13.0 Å². The van der Waals surface area contributed by atoms with Gasteiger partial charge < -0.3 is 5.11 Å². The van der Waals surface area contributed by atoms with Crippen molar-refractivity contribution in [2.45, 2.75) is 11.1 Å². The number of carbonyl (C=O) groups is 1. The van der Waals surface area contributed by atoms with E-state index in [2.05, 4.69) is 20.7 Å². The summed E-state index contributed by atoms with van der Waals surface area (Å²) in [5, 5.41) is 8.93. The van der Waals surface area contributed by atoms with Crippen molar-refractivity contribution < 1.29 is 18.3 Å². The summed E-state index contributed by atoms with van der Waals surface area (Å²) < 4.78 is 27.5. The molecule has 20 heavy (non-hydrogen) atoms. The van der Waals surface area contributed by atoms with Crippen molar-refractivity contribution in [1.29, 1.82) is 0 Å². The van der Waals surface area contributed by atoms with Crippen LogP contribution in [0.3, 0.4) is 0 Å². The fraction of sp³-hybridized carbons (Fsp3) is 0.0833. The first-order valence-corrected chi connectivity index (χ1v) is 8.51. The predicted octanol–water partition coefficient (Wildman–Crippen LogP) is 3.32. The number of carboxylic acids is 1. The maximum absolute atomic E-state index is 12.1. The van der Waals surface area contributed by atoms with Crippen LogP contribution in [0.5, 0.6) is 0 Å². The zero-order chi connectivity index (χ0) is 14.9. The second-order valence-corrected chi connectivity index (χ2v) is 8.37. The highest BCUT2D eigenvalue weighted by molar-refractivity contribution is 9.11. The quantitative estimate of drug-likeness (QED) is 0.858. The predicted molar refractivity (Wildman–Crippen MR) is 81.0 cm³/mol. The van der Waals surface area contributed by atoms with Gasteiger partial charge in [0, 0.05) is 5.69 Å². The average Bonchev–Trinajstić information content (AvgIpc) is 2.75. The van der Waals surface area contributed by atoms with Crippen molar-refractivity contribution in [2.75, 3.05) is 4.72 Å². The maximum atomic E-state index is 12.1. The molecular weight excluding hydrogens is 366 g/mol. The van der Waals surface area contributed by atoms with Gasteiger partial charge in [-0.2, -0.15) is 0 Å². The largest absolute Gasteiger partial charge is 0.478 e. The van der Waals surface area contributed by atoms with Gasteiger partial charge in [0.25, 0.3) is 10.0 Å². The summed E-state index contributed by atoms with van der Waals surface area (Å²) in [4.78, 5) is 10.9. The Morgan fingerprint density at radius 3 is 2.50 bits per heavy atom. The highest BCUT2D eigenvalue weighted by Crippen LogP contribution is 2.28. The Bertz CT molecular complexity index is 768. The van der Waals surface area contributed by atoms with E-state index in [1.807, 2.05) is 0 Å². The summed E-state index contributed by atoms with van der Waals surface area (Å²) in [5.41, 5.74) is 0.967. The van der Waals surface area contributed by atoms with Crippen LogP contribution in [0.4, 0.5) is 5.69 Å². The van der Waals surface area contributed by atoms with E-state index in [0.717, 1.165) is 15.1 Å². The molecule has 5 nitrogen and oxygen atoms in total. The number of halogens is 1. The SMILES string of the molecule is Cc1cc(NS(=O)(=O)c2ccc(Br)s2)ccc1C(=O)O. The number of rotatable bonds is 4. The second-order valence-electron chi connectivity index (χ2n) is 4.00. The van der Waals surface area contributed by atoms with Gasteiger partial charge in [-0.15, -0.1) is 11.3 Å². The molecule has 8 heteroatoms. The zero-order valence-corrected chi connectivity index (χ0v) is 13.5. The molecule has 1 heterocycles. The number of nitrogens with one attached hydrogen (secondary N) is 1. The Morgan fingerprint density at radius 2 is 2.00 bits per heavy atom. The van der Waals surface area contributed by atoms with E-state index in [1.165, 1.54) is 24.3 Å². The molecule has 0 bridgehead atoms. The molecule has 2 N–H and O–H groups in total. The number of aromatic carboxylic acids is 1. The van der Waals surface area contributed by atoms with Gasteiger partial charge >= 0.3 is 5.97 Å². The van der Waals surface area contributed by atoms with Gasteiger partial charge in [-0.05, 0) is 58.7 Å². The lowest BCUT2D eigenvalue weighted by Gasteiger charge is -2.08. The van der Waals surface area contributed by atoms with Crippen molar-refractivity contribution in [1.82, 2.24) is 0 Å². The fourth-order valence-corrected chi connectivity index (χ4v) is 4.67. The summed E-state index contributed by atoms with van der Waals surface area (Å²) in [6.45, 7) is 1.61. The zero-order valence-electron chi connectivity index (χ0n) is 10.3. The number of aryl methyl sites for hydroxylation is 1. The van der Waals surface area contributed by atoms with Gasteiger partial charge in [-0.1, -0.05) is 0 Å². The van der Waals surface area contributed by atoms with Crippen LogP contribution in [0.25, 0.3) is 0 Å². The molecule has 0 atom stereocenters. The van der Waals surface area contributed by atoms with Crippen LogP contribution in [0.2, 0.25) is 0 Å². The van der Waals surface area contributed by atoms with Crippen LogP contribution in [0, 0.1) is 6.92 Å². The van der Waals surface area contributed by atoms with Gasteiger partial charge in [0.15, 0.2) is 0 Å². The molecule has 2 rings (SSSR count). The third-order valence-electron chi connectivity index (χ3n) is 2.52. The van der Waals surface area contributed by atoms with E-state index < -0.39 is 16.0 Å². The lowest BCUT2D eigenvalue weighted by Crippen LogP contribution is -2.12. The first-order chi connectivity index (χ1) is 9.29. The minimum absolute atomic E-state index is 0.145. The Balaban J connectivity index is 2.30. The molecule has 1 aromatic heterocycles. The summed E-state index contributed by atoms with van der Waals surface area (Å²) in [6, 6.07) is 7.44. The first kappa shape index (κ1) is 15.0. The lowest BCUT2D eigenvalue weighted by atomic mass is 10.1. The van der Waals surface area contributed by atoms with Crippen LogP contribution in [-0.4, -0.2) is 19.5 Å². The van der Waals surface area contributed by atoms with Gasteiger partial charge in [0.05, 0.1) is 9.35 Å². The van der Waals surface area contributed by atoms with E-state index >= 15 is 0 Å². The van der Waals surface area contributed by atoms with Gasteiger partial charge in [0.2, 0.25) is 0 Å². The number of hydrogen-bond acceptors (Lipinski definition) is 4. The normalized spacial score (nSPS) is 11.3. The molecule has 0 unspecified atom stereocenters. The number of thiophene rings is 1. The van der Waals surface area contributed by atoms with Gasteiger partial charge in [-0.3, -0.25) is 4.72 Å². The minimum atomic E-state index is -3.65. The summed E-state index contributed by atoms with van der Waals surface area (Å²) in [7, 11) is -3.65. The molecule has 0 aliphatic rings. The Labute approximate surface area is 128 Å². The van der Waals surface area contributed by atoms with E-state index in [4.69, 9.17) is 5.11 Å². The number of carboxylic acid groups (broad SMARTS) is 1. The smallest absolute Gasteiger partial charge is 0.335 e. The molecular formula is C12H10BrNO4S2. The summed E-state index contributed by atoms with van der Waals surface area (Å²) >= 11 is 4.31. The lowest BCUT2D eigenvalue weighted by molar-refractivity contribution is 0.0696. The van der Waals surface area contributed by atoms with Crippen LogP contribution < -0.4 is 4.72 Å². The summed E-state index contributed by atoms with van der Waals surface area (Å²) in [5.74, 6) is -1.04. The highest BCUT2D eigenvalue weighted by Gasteiger charge is 2.17. The molecule has 0 radical (unpaired) electrons. The van der Waals surface area contributed by atoms with Gasteiger partial charge in [0.1, 0.15) is 4.21 Å². The molecule has 106 valence electrons. The van der Waals surface area contributed by atoms with Gasteiger partial charge in [-0.25, -0.2) is 13.2 Å². The van der Waals surface area contributed by atoms with E-state index in [-0.39, 0.29) is 9.77 Å². The van der Waals surface area contributed by atoms with Crippen LogP contribution in [0.15, 0.2) is 38.3 Å². The van der Waals surface area contributed by atoms with E-state index in [9.17, 15) is 13.2 Å². The molecule has 1 aromatic carbocycles. The van der Waals surface area contributed by atoms with Crippen molar-refractivity contribution >= 4 is 48.9 Å². The van der Waals surface area contributed by atoms with Crippen molar-refractivity contribution in [3.8, 4) is 0 Å². The first-order valence-electron chi connectivity index (χ1n) is 5.42.